The fourth-order valence-electron chi connectivity index (χ4n) is 0.720. The summed E-state index contributed by atoms with van der Waals surface area (Å²) in [7, 11) is 0. The van der Waals surface area contributed by atoms with Crippen molar-refractivity contribution >= 4 is 50.1 Å². The van der Waals surface area contributed by atoms with E-state index >= 15 is 0 Å². The number of nitrogens with two attached hydrogens (primary N) is 1. The first-order valence-electron chi connectivity index (χ1n) is 2.98. The Balaban J connectivity index is 3.21. The molecule has 2 N–H and O–H groups in total. The van der Waals surface area contributed by atoms with E-state index in [2.05, 4.69) is 38.5 Å². The molecule has 11 heavy (non-hydrogen) atoms. The first kappa shape index (κ1) is 9.77. The Hall–Kier alpha value is 0.680. The fourth-order valence-corrected chi connectivity index (χ4v) is 2.31. The molecule has 1 rings (SSSR count). The minimum atomic E-state index is 0.511. The van der Waals surface area contributed by atoms with E-state index in [-0.39, 0.29) is 0 Å². The van der Waals surface area contributed by atoms with Gasteiger partial charge < -0.3 is 5.73 Å². The van der Waals surface area contributed by atoms with Crippen LogP contribution in [0, 0.1) is 3.57 Å². The van der Waals surface area contributed by atoms with Crippen LogP contribution >= 0.6 is 50.1 Å². The van der Waals surface area contributed by atoms with Crippen LogP contribution in [0.15, 0.2) is 16.6 Å². The highest BCUT2D eigenvalue weighted by Crippen LogP contribution is 2.26. The fraction of sp³-hybridized carbons (Fsp3) is 0.143. The summed E-state index contributed by atoms with van der Waals surface area (Å²) in [5.74, 6) is 0. The Kier molecular flexibility index (Phi) is 3.61. The molecule has 0 heterocycles. The molecular weight excluding hydrogens is 340 g/mol. The smallest absolute Gasteiger partial charge is 0.0543 e. The van der Waals surface area contributed by atoms with Crippen molar-refractivity contribution in [2.45, 2.75) is 6.54 Å². The van der Waals surface area contributed by atoms with E-state index in [4.69, 9.17) is 17.3 Å². The third kappa shape index (κ3) is 2.31. The Morgan fingerprint density at radius 2 is 2.18 bits per heavy atom. The number of rotatable bonds is 1. The van der Waals surface area contributed by atoms with Crippen molar-refractivity contribution in [3.63, 3.8) is 0 Å². The average molecular weight is 346 g/mol. The van der Waals surface area contributed by atoms with E-state index in [0.717, 1.165) is 18.6 Å². The van der Waals surface area contributed by atoms with Crippen LogP contribution in [0.3, 0.4) is 0 Å². The van der Waals surface area contributed by atoms with Crippen LogP contribution in [0.1, 0.15) is 5.56 Å². The topological polar surface area (TPSA) is 26.0 Å². The summed E-state index contributed by atoms with van der Waals surface area (Å²) >= 11 is 11.5. The van der Waals surface area contributed by atoms with E-state index < -0.39 is 0 Å². The molecule has 4 heteroatoms. The van der Waals surface area contributed by atoms with Crippen molar-refractivity contribution in [3.05, 3.63) is 30.8 Å². The zero-order valence-corrected chi connectivity index (χ0v) is 10.1. The minimum absolute atomic E-state index is 0.511. The van der Waals surface area contributed by atoms with Crippen molar-refractivity contribution in [3.8, 4) is 0 Å². The average Bonchev–Trinajstić information content (AvgIpc) is 1.97. The molecule has 0 aliphatic heterocycles. The van der Waals surface area contributed by atoms with Crippen molar-refractivity contribution in [1.29, 1.82) is 0 Å². The highest BCUT2D eigenvalue weighted by Gasteiger charge is 2.02. The molecule has 0 saturated heterocycles. The van der Waals surface area contributed by atoms with E-state index in [1.165, 1.54) is 0 Å². The second-order valence-corrected chi connectivity index (χ2v) is 4.49. The van der Waals surface area contributed by atoms with Gasteiger partial charge in [0, 0.05) is 14.6 Å². The van der Waals surface area contributed by atoms with Crippen molar-refractivity contribution in [2.24, 2.45) is 5.73 Å². The quantitative estimate of drug-likeness (QED) is 0.613. The molecule has 1 nitrogen and oxygen atoms in total. The summed E-state index contributed by atoms with van der Waals surface area (Å²) in [6.45, 7) is 0.511. The van der Waals surface area contributed by atoms with E-state index in [1.807, 2.05) is 12.1 Å². The minimum Gasteiger partial charge on any atom is -0.326 e. The first-order chi connectivity index (χ1) is 5.15. The zero-order chi connectivity index (χ0) is 8.43. The van der Waals surface area contributed by atoms with E-state index in [9.17, 15) is 0 Å². The maximum absolute atomic E-state index is 5.88. The summed E-state index contributed by atoms with van der Waals surface area (Å²) in [6, 6.07) is 3.85. The van der Waals surface area contributed by atoms with Gasteiger partial charge in [0.05, 0.1) is 5.02 Å². The largest absolute Gasteiger partial charge is 0.326 e. The summed E-state index contributed by atoms with van der Waals surface area (Å²) in [4.78, 5) is 0. The molecule has 0 unspecified atom stereocenters. The maximum Gasteiger partial charge on any atom is 0.0543 e. The van der Waals surface area contributed by atoms with Gasteiger partial charge in [0.2, 0.25) is 0 Å². The molecule has 0 amide bonds. The molecule has 0 aromatic heterocycles. The van der Waals surface area contributed by atoms with Crippen LogP contribution in [0.25, 0.3) is 0 Å². The number of hydrogen-bond donors (Lipinski definition) is 1. The Bertz CT molecular complexity index is 277. The zero-order valence-electron chi connectivity index (χ0n) is 5.57. The molecule has 0 aliphatic rings. The van der Waals surface area contributed by atoms with Crippen LogP contribution in [0.2, 0.25) is 5.02 Å². The van der Waals surface area contributed by atoms with Gasteiger partial charge >= 0.3 is 0 Å². The van der Waals surface area contributed by atoms with Crippen LogP contribution in [0.4, 0.5) is 0 Å². The van der Waals surface area contributed by atoms with Gasteiger partial charge in [-0.3, -0.25) is 0 Å². The van der Waals surface area contributed by atoms with Gasteiger partial charge in [-0.05, 0) is 40.3 Å². The Morgan fingerprint density at radius 3 is 2.73 bits per heavy atom. The van der Waals surface area contributed by atoms with Crippen LogP contribution in [-0.2, 0) is 6.54 Å². The summed E-state index contributed by atoms with van der Waals surface area (Å²) in [5, 5.41) is 0.759. The molecule has 0 radical (unpaired) electrons. The Morgan fingerprint density at radius 1 is 1.55 bits per heavy atom. The number of benzene rings is 1. The summed E-state index contributed by atoms with van der Waals surface area (Å²) < 4.78 is 2.06. The van der Waals surface area contributed by atoms with E-state index in [0.29, 0.717) is 6.54 Å². The number of halogens is 3. The van der Waals surface area contributed by atoms with Crippen LogP contribution in [-0.4, -0.2) is 0 Å². The highest BCUT2D eigenvalue weighted by molar-refractivity contribution is 14.1. The SMILES string of the molecule is NCc1cc(Cl)c(I)cc1Br. The third-order valence-electron chi connectivity index (χ3n) is 1.31. The Labute approximate surface area is 92.6 Å². The first-order valence-corrected chi connectivity index (χ1v) is 5.23. The summed E-state index contributed by atoms with van der Waals surface area (Å²) in [6.07, 6.45) is 0. The van der Waals surface area contributed by atoms with E-state index in [1.54, 1.807) is 0 Å². The maximum atomic E-state index is 5.88. The van der Waals surface area contributed by atoms with Gasteiger partial charge in [-0.1, -0.05) is 27.5 Å². The molecule has 1 aromatic rings. The molecule has 0 saturated carbocycles. The predicted molar refractivity (Wildman–Crippen MR) is 59.8 cm³/mol. The molecule has 1 aromatic carbocycles. The second kappa shape index (κ2) is 4.07. The lowest BCUT2D eigenvalue weighted by atomic mass is 10.2. The molecule has 0 spiro atoms. The highest BCUT2D eigenvalue weighted by atomic mass is 127. The van der Waals surface area contributed by atoms with Crippen LogP contribution in [0.5, 0.6) is 0 Å². The summed E-state index contributed by atoms with van der Waals surface area (Å²) in [5.41, 5.74) is 6.52. The predicted octanol–water partition coefficient (Wildman–Crippen LogP) is 3.17. The molecular formula is C7H6BrClIN. The van der Waals surface area contributed by atoms with Gasteiger partial charge in [-0.15, -0.1) is 0 Å². The van der Waals surface area contributed by atoms with Gasteiger partial charge in [0.15, 0.2) is 0 Å². The monoisotopic (exact) mass is 345 g/mol. The number of hydrogen-bond acceptors (Lipinski definition) is 1. The third-order valence-corrected chi connectivity index (χ3v) is 3.57. The van der Waals surface area contributed by atoms with Gasteiger partial charge in [0.1, 0.15) is 0 Å². The molecule has 0 fully saturated rings. The van der Waals surface area contributed by atoms with Crippen LogP contribution < -0.4 is 5.73 Å². The second-order valence-electron chi connectivity index (χ2n) is 2.06. The molecule has 0 atom stereocenters. The van der Waals surface area contributed by atoms with Gasteiger partial charge in [0.25, 0.3) is 0 Å². The lowest BCUT2D eigenvalue weighted by Gasteiger charge is -2.02. The molecule has 0 aliphatic carbocycles. The molecule has 60 valence electrons. The normalized spacial score (nSPS) is 10.2. The van der Waals surface area contributed by atoms with Crippen molar-refractivity contribution < 1.29 is 0 Å². The van der Waals surface area contributed by atoms with Gasteiger partial charge in [-0.2, -0.15) is 0 Å². The lowest BCUT2D eigenvalue weighted by Crippen LogP contribution is -1.97. The van der Waals surface area contributed by atoms with Crippen molar-refractivity contribution in [1.82, 2.24) is 0 Å². The van der Waals surface area contributed by atoms with Crippen molar-refractivity contribution in [2.75, 3.05) is 0 Å². The van der Waals surface area contributed by atoms with Gasteiger partial charge in [-0.25, -0.2) is 0 Å². The molecule has 0 bridgehead atoms. The lowest BCUT2D eigenvalue weighted by molar-refractivity contribution is 1.06. The standard InChI is InChI=1S/C7H6BrClIN/c8-5-2-7(10)6(9)1-4(5)3-11/h1-2H,3,11H2.